The molecular formula is C37H45BrN4O10S. The van der Waals surface area contributed by atoms with Crippen molar-refractivity contribution in [2.45, 2.75) is 105 Å². The first-order valence-electron chi connectivity index (χ1n) is 18.1. The first kappa shape index (κ1) is 38.7. The van der Waals surface area contributed by atoms with Gasteiger partial charge in [-0.2, -0.15) is 0 Å². The Hall–Kier alpha value is -4.05. The molecule has 1 aromatic carbocycles. The van der Waals surface area contributed by atoms with Gasteiger partial charge in [-0.3, -0.25) is 14.4 Å². The highest BCUT2D eigenvalue weighted by Gasteiger charge is 2.62. The number of Topliss-reactive ketones (excluding diaryl/α,β-unsaturated/α-hetero) is 1. The van der Waals surface area contributed by atoms with Gasteiger partial charge in [0.1, 0.15) is 41.3 Å². The summed E-state index contributed by atoms with van der Waals surface area (Å²) in [6.07, 6.45) is 10.3. The van der Waals surface area contributed by atoms with Crippen molar-refractivity contribution in [2.75, 3.05) is 25.2 Å². The van der Waals surface area contributed by atoms with Crippen LogP contribution in [0.3, 0.4) is 0 Å². The molecule has 6 rings (SSSR count). The van der Waals surface area contributed by atoms with Gasteiger partial charge in [0.15, 0.2) is 15.6 Å². The van der Waals surface area contributed by atoms with Crippen molar-refractivity contribution in [2.24, 2.45) is 5.92 Å². The Kier molecular flexibility index (Phi) is 11.8. The summed E-state index contributed by atoms with van der Waals surface area (Å²) >= 11 is 3.16. The van der Waals surface area contributed by atoms with Gasteiger partial charge >= 0.3 is 12.1 Å². The van der Waals surface area contributed by atoms with Gasteiger partial charge in [-0.05, 0) is 63.5 Å². The van der Waals surface area contributed by atoms with Crippen LogP contribution < -0.4 is 15.4 Å². The van der Waals surface area contributed by atoms with Crippen LogP contribution in [0, 0.1) is 5.92 Å². The second kappa shape index (κ2) is 16.1. The average molecular weight is 818 g/mol. The smallest absolute Gasteiger partial charge is 0.408 e. The number of hydrogen-bond acceptors (Lipinski definition) is 11. The van der Waals surface area contributed by atoms with Crippen LogP contribution in [0.1, 0.15) is 81.1 Å². The minimum Gasteiger partial charge on any atom is -0.488 e. The average Bonchev–Trinajstić information content (AvgIpc) is 3.41. The fraction of sp³-hybridized carbons (Fsp3) is 0.568. The molecule has 2 N–H and O–H groups in total. The Bertz CT molecular complexity index is 1920. The Labute approximate surface area is 316 Å². The third-order valence-corrected chi connectivity index (χ3v) is 12.2. The van der Waals surface area contributed by atoms with E-state index in [1.165, 1.54) is 24.1 Å². The lowest BCUT2D eigenvalue weighted by Crippen LogP contribution is -2.56. The van der Waals surface area contributed by atoms with Crippen LogP contribution in [-0.2, 0) is 33.7 Å². The number of sulfone groups is 1. The van der Waals surface area contributed by atoms with E-state index in [0.717, 1.165) is 51.2 Å². The first-order chi connectivity index (χ1) is 25.3. The number of halogens is 1. The molecule has 1 aromatic heterocycles. The molecule has 2 aliphatic carbocycles. The summed E-state index contributed by atoms with van der Waals surface area (Å²) in [5.74, 6) is -2.20. The molecule has 2 aliphatic heterocycles. The predicted octanol–water partition coefficient (Wildman–Crippen LogP) is 4.17. The third-order valence-electron chi connectivity index (χ3n) is 10.5. The van der Waals surface area contributed by atoms with E-state index in [-0.39, 0.29) is 52.2 Å². The number of carbonyl (C=O) groups excluding carboxylic acids is 5. The van der Waals surface area contributed by atoms with Crippen molar-refractivity contribution >= 4 is 66.3 Å². The van der Waals surface area contributed by atoms with Crippen molar-refractivity contribution in [1.29, 1.82) is 0 Å². The third kappa shape index (κ3) is 8.53. The van der Waals surface area contributed by atoms with E-state index >= 15 is 0 Å². The lowest BCUT2D eigenvalue weighted by Gasteiger charge is -2.29. The number of carbonyl (C=O) groups is 5. The molecule has 3 amide bonds. The van der Waals surface area contributed by atoms with Gasteiger partial charge < -0.3 is 29.7 Å². The molecule has 53 heavy (non-hydrogen) atoms. The number of rotatable bonds is 8. The number of allylic oxidation sites excluding steroid dienone is 1. The van der Waals surface area contributed by atoms with Crippen LogP contribution in [0.5, 0.6) is 5.75 Å². The molecule has 3 heterocycles. The van der Waals surface area contributed by atoms with E-state index < -0.39 is 63.2 Å². The molecule has 5 atom stereocenters. The van der Waals surface area contributed by atoms with Gasteiger partial charge in [0.25, 0.3) is 0 Å². The zero-order chi connectivity index (χ0) is 37.9. The number of nitrogens with one attached hydrogen (secondary N) is 2. The summed E-state index contributed by atoms with van der Waals surface area (Å²) in [7, 11) is -2.50. The summed E-state index contributed by atoms with van der Waals surface area (Å²) in [5, 5.41) is 5.93. The highest BCUT2D eigenvalue weighted by atomic mass is 79.9. The maximum Gasteiger partial charge on any atom is 0.408 e. The second-order valence-electron chi connectivity index (χ2n) is 14.3. The Morgan fingerprint density at radius 2 is 1.83 bits per heavy atom. The SMILES string of the molecule is COC(=O)[C@@]12CC1C=CCCCCC[C@H](NC(=O)OC1CCCC1)C(=O)N1C[C@H](Oc3cc(C(=O)CBr)nc4c(S(C)(=O)=O)cccc34)C[C@H]1C(=O)N2. The molecule has 4 aliphatic rings. The number of benzene rings is 1. The lowest BCUT2D eigenvalue weighted by molar-refractivity contribution is -0.148. The Morgan fingerprint density at radius 3 is 2.55 bits per heavy atom. The number of fused-ring (bicyclic) bond motifs is 3. The normalized spacial score (nSPS) is 26.8. The molecular weight excluding hydrogens is 772 g/mol. The van der Waals surface area contributed by atoms with E-state index in [0.29, 0.717) is 24.6 Å². The summed E-state index contributed by atoms with van der Waals surface area (Å²) in [6.45, 7) is -0.0847. The second-order valence-corrected chi connectivity index (χ2v) is 16.9. The molecule has 1 saturated heterocycles. The Balaban J connectivity index is 1.35. The Morgan fingerprint density at radius 1 is 1.08 bits per heavy atom. The molecule has 0 bridgehead atoms. The number of esters is 1. The highest BCUT2D eigenvalue weighted by Crippen LogP contribution is 2.46. The van der Waals surface area contributed by atoms with Gasteiger partial charge in [0.2, 0.25) is 11.8 Å². The molecule has 1 unspecified atom stereocenters. The quantitative estimate of drug-likeness (QED) is 0.169. The van der Waals surface area contributed by atoms with Crippen LogP contribution in [-0.4, -0.2) is 103 Å². The van der Waals surface area contributed by atoms with Gasteiger partial charge in [-0.15, -0.1) is 0 Å². The zero-order valence-electron chi connectivity index (χ0n) is 29.8. The fourth-order valence-corrected chi connectivity index (χ4v) is 8.75. The minimum absolute atomic E-state index is 0.00806. The molecule has 0 spiro atoms. The number of hydrogen-bond donors (Lipinski definition) is 2. The van der Waals surface area contributed by atoms with E-state index in [9.17, 15) is 32.4 Å². The predicted molar refractivity (Wildman–Crippen MR) is 196 cm³/mol. The largest absolute Gasteiger partial charge is 0.488 e. The molecule has 3 fully saturated rings. The van der Waals surface area contributed by atoms with Crippen LogP contribution >= 0.6 is 15.9 Å². The fourth-order valence-electron chi connectivity index (χ4n) is 7.63. The summed E-state index contributed by atoms with van der Waals surface area (Å²) in [5.41, 5.74) is -1.26. The van der Waals surface area contributed by atoms with Gasteiger partial charge in [-0.25, -0.2) is 23.0 Å². The number of alkyl carbamates (subject to hydrolysis) is 1. The standard InChI is InChI=1S/C37H45BrN4O10S/c1-50-35(46)37-19-22(37)11-6-4-3-5-7-15-26(40-36(47)52-23-12-8-9-13-23)34(45)42-21-24(17-28(42)33(44)41-37)51-30-18-27(29(43)20-38)39-32-25(30)14-10-16-31(32)53(2,48)49/h6,10-11,14,16,18,22-24,26,28H,3-5,7-9,12-13,15,17,19-21H2,1-2H3,(H,40,47)(H,41,44)/t22?,24-,26+,28+,37-/m1/s1. The number of methoxy groups -OCH3 is 1. The highest BCUT2D eigenvalue weighted by molar-refractivity contribution is 9.09. The number of nitrogens with zero attached hydrogens (tertiary/aromatic N) is 2. The topological polar surface area (TPSA) is 187 Å². The van der Waals surface area contributed by atoms with Crippen molar-refractivity contribution in [3.63, 3.8) is 0 Å². The summed E-state index contributed by atoms with van der Waals surface area (Å²) < 4.78 is 42.7. The molecule has 14 nitrogen and oxygen atoms in total. The molecule has 2 saturated carbocycles. The maximum atomic E-state index is 14.5. The van der Waals surface area contributed by atoms with Crippen molar-refractivity contribution in [3.05, 3.63) is 42.1 Å². The number of aromatic nitrogens is 1. The van der Waals surface area contributed by atoms with E-state index in [1.807, 2.05) is 12.2 Å². The van der Waals surface area contributed by atoms with E-state index in [1.54, 1.807) is 12.1 Å². The number of pyridine rings is 1. The van der Waals surface area contributed by atoms with Crippen molar-refractivity contribution < 1.29 is 46.6 Å². The van der Waals surface area contributed by atoms with Crippen LogP contribution in [0.15, 0.2) is 41.3 Å². The van der Waals surface area contributed by atoms with Gasteiger partial charge in [0.05, 0.1) is 29.4 Å². The maximum absolute atomic E-state index is 14.5. The molecule has 16 heteroatoms. The van der Waals surface area contributed by atoms with Crippen molar-refractivity contribution in [3.8, 4) is 5.75 Å². The summed E-state index contributed by atoms with van der Waals surface area (Å²) in [4.78, 5) is 73.3. The van der Waals surface area contributed by atoms with Crippen LogP contribution in [0.2, 0.25) is 0 Å². The van der Waals surface area contributed by atoms with Crippen molar-refractivity contribution in [1.82, 2.24) is 20.5 Å². The number of para-hydroxylation sites is 1. The number of amides is 3. The minimum atomic E-state index is -3.76. The lowest BCUT2D eigenvalue weighted by atomic mass is 10.0. The van der Waals surface area contributed by atoms with Gasteiger partial charge in [-0.1, -0.05) is 47.0 Å². The molecule has 2 aromatic rings. The van der Waals surface area contributed by atoms with Gasteiger partial charge in [0, 0.05) is 30.0 Å². The van der Waals surface area contributed by atoms with E-state index in [2.05, 4.69) is 31.5 Å². The van der Waals surface area contributed by atoms with Crippen LogP contribution in [0.25, 0.3) is 10.9 Å². The monoisotopic (exact) mass is 816 g/mol. The van der Waals surface area contributed by atoms with Crippen LogP contribution in [0.4, 0.5) is 4.79 Å². The zero-order valence-corrected chi connectivity index (χ0v) is 32.2. The van der Waals surface area contributed by atoms with E-state index in [4.69, 9.17) is 14.2 Å². The molecule has 0 radical (unpaired) electrons. The summed E-state index contributed by atoms with van der Waals surface area (Å²) in [6, 6.07) is 3.88. The number of ketones is 1. The first-order valence-corrected chi connectivity index (χ1v) is 21.1. The molecule has 286 valence electrons. The number of alkyl halides is 1. The number of ether oxygens (including phenoxy) is 3.